The van der Waals surface area contributed by atoms with E-state index in [2.05, 4.69) is 31.6 Å². The van der Waals surface area contributed by atoms with Crippen molar-refractivity contribution in [1.82, 2.24) is 31.5 Å². The van der Waals surface area contributed by atoms with Gasteiger partial charge in [-0.05, 0) is 102 Å². The van der Waals surface area contributed by atoms with E-state index in [1.165, 1.54) is 28.9 Å². The number of aliphatic imine (C=N–C) groups is 1. The number of phenols is 1. The second kappa shape index (κ2) is 27.3. The molecule has 0 unspecified atom stereocenters. The van der Waals surface area contributed by atoms with Crippen molar-refractivity contribution in [3.8, 4) is 5.75 Å². The predicted octanol–water partition coefficient (Wildman–Crippen LogP) is 1.53. The molecule has 8 amide bonds. The Morgan fingerprint density at radius 1 is 0.701 bits per heavy atom. The Hall–Kier alpha value is -8.59. The largest absolute Gasteiger partial charge is 0.508 e. The SMILES string of the molecule is CC(C)C[C@H](NC(=O)[C@H](C)N(C(=O)[C@H](Cc1ccc(O)cc1)NC(=O)[C@H](CO)NC(=O)Cc1ccc2ccccc2c1)c1ccc2ccccc2c1)C(=O)N[C@@H](CCCN=C(N)N)C(=O)N1CCC[C@H]1C(=O)NCC(N)=O. The number of nitrogens with two attached hydrogens (primary N) is 3. The maximum absolute atomic E-state index is 15.4. The van der Waals surface area contributed by atoms with Crippen molar-refractivity contribution in [2.24, 2.45) is 28.1 Å². The lowest BCUT2D eigenvalue weighted by molar-refractivity contribution is -0.142. The van der Waals surface area contributed by atoms with E-state index in [0.29, 0.717) is 29.4 Å². The number of aliphatic hydroxyl groups is 1. The topological polar surface area (TPSA) is 334 Å². The maximum Gasteiger partial charge on any atom is 0.250 e. The monoisotopic (exact) mass is 1060 g/mol. The fraction of sp³-hybridized carbons (Fsp3) is 0.375. The molecule has 408 valence electrons. The average Bonchev–Trinajstić information content (AvgIpc) is 3.91. The number of aliphatic hydroxyl groups excluding tert-OH is 1. The molecule has 0 aromatic heterocycles. The van der Waals surface area contributed by atoms with Crippen LogP contribution in [-0.4, -0.2) is 131 Å². The Morgan fingerprint density at radius 3 is 1.94 bits per heavy atom. The van der Waals surface area contributed by atoms with Gasteiger partial charge in [0.25, 0.3) is 5.91 Å². The number of aromatic hydroxyl groups is 1. The molecule has 0 radical (unpaired) electrons. The number of guanidine groups is 1. The lowest BCUT2D eigenvalue weighted by Crippen LogP contribution is -2.61. The number of fused-ring (bicyclic) bond motifs is 2. The highest BCUT2D eigenvalue weighted by Gasteiger charge is 2.40. The molecule has 5 aromatic carbocycles. The number of nitrogens with zero attached hydrogens (tertiary/aromatic N) is 3. The van der Waals surface area contributed by atoms with Gasteiger partial charge < -0.3 is 58.9 Å². The van der Waals surface area contributed by atoms with Crippen molar-refractivity contribution in [2.75, 3.05) is 31.1 Å². The molecule has 1 heterocycles. The van der Waals surface area contributed by atoms with Gasteiger partial charge in [0.15, 0.2) is 5.96 Å². The summed E-state index contributed by atoms with van der Waals surface area (Å²) in [5.41, 5.74) is 17.7. The Labute approximate surface area is 446 Å². The zero-order valence-corrected chi connectivity index (χ0v) is 43.4. The van der Waals surface area contributed by atoms with Crippen molar-refractivity contribution in [3.05, 3.63) is 120 Å². The summed E-state index contributed by atoms with van der Waals surface area (Å²) in [7, 11) is 0. The van der Waals surface area contributed by atoms with Crippen LogP contribution in [0.4, 0.5) is 5.69 Å². The smallest absolute Gasteiger partial charge is 0.250 e. The van der Waals surface area contributed by atoms with Crippen molar-refractivity contribution in [2.45, 2.75) is 102 Å². The number of benzene rings is 5. The molecular formula is C56H69N11O10. The van der Waals surface area contributed by atoms with Gasteiger partial charge in [0.2, 0.25) is 41.4 Å². The number of hydrogen-bond donors (Lipinski definition) is 10. The van der Waals surface area contributed by atoms with Crippen molar-refractivity contribution < 1.29 is 48.6 Å². The van der Waals surface area contributed by atoms with Gasteiger partial charge in [-0.1, -0.05) is 98.8 Å². The molecule has 0 saturated carbocycles. The van der Waals surface area contributed by atoms with Crippen molar-refractivity contribution in [1.29, 1.82) is 0 Å². The van der Waals surface area contributed by atoms with Gasteiger partial charge in [-0.2, -0.15) is 0 Å². The van der Waals surface area contributed by atoms with Gasteiger partial charge >= 0.3 is 0 Å². The van der Waals surface area contributed by atoms with Crippen LogP contribution < -0.4 is 48.7 Å². The fourth-order valence-electron chi connectivity index (χ4n) is 9.29. The molecule has 0 spiro atoms. The van der Waals surface area contributed by atoms with Gasteiger partial charge in [-0.25, -0.2) is 0 Å². The third kappa shape index (κ3) is 16.2. The average molecular weight is 1060 g/mol. The quantitative estimate of drug-likeness (QED) is 0.0226. The summed E-state index contributed by atoms with van der Waals surface area (Å²) < 4.78 is 0. The summed E-state index contributed by atoms with van der Waals surface area (Å²) in [4.78, 5) is 118. The molecule has 6 atom stereocenters. The van der Waals surface area contributed by atoms with Crippen LogP contribution in [0.15, 0.2) is 114 Å². The summed E-state index contributed by atoms with van der Waals surface area (Å²) in [5, 5.41) is 37.4. The highest BCUT2D eigenvalue weighted by Crippen LogP contribution is 2.27. The first kappa shape index (κ1) is 57.7. The molecule has 0 bridgehead atoms. The van der Waals surface area contributed by atoms with Crippen LogP contribution in [0.1, 0.15) is 64.0 Å². The number of likely N-dealkylation sites (tertiary alicyclic amines) is 1. The van der Waals surface area contributed by atoms with Crippen LogP contribution in [0.5, 0.6) is 5.75 Å². The second-order valence-corrected chi connectivity index (χ2v) is 19.6. The molecule has 77 heavy (non-hydrogen) atoms. The Balaban J connectivity index is 1.28. The maximum atomic E-state index is 15.4. The van der Waals surface area contributed by atoms with E-state index in [0.717, 1.165) is 16.2 Å². The van der Waals surface area contributed by atoms with E-state index in [9.17, 15) is 43.8 Å². The molecular weight excluding hydrogens is 987 g/mol. The van der Waals surface area contributed by atoms with Crippen molar-refractivity contribution >= 4 is 80.4 Å². The zero-order valence-electron chi connectivity index (χ0n) is 43.4. The van der Waals surface area contributed by atoms with Crippen LogP contribution in [0, 0.1) is 5.92 Å². The second-order valence-electron chi connectivity index (χ2n) is 19.6. The van der Waals surface area contributed by atoms with E-state index in [-0.39, 0.29) is 68.5 Å². The lowest BCUT2D eigenvalue weighted by Gasteiger charge is -2.34. The first-order chi connectivity index (χ1) is 36.8. The van der Waals surface area contributed by atoms with E-state index < -0.39 is 96.7 Å². The van der Waals surface area contributed by atoms with Gasteiger partial charge in [0.05, 0.1) is 19.6 Å². The molecule has 1 aliphatic rings. The Kier molecular flexibility index (Phi) is 20.4. The fourth-order valence-corrected chi connectivity index (χ4v) is 9.29. The van der Waals surface area contributed by atoms with Gasteiger partial charge in [0.1, 0.15) is 42.0 Å². The highest BCUT2D eigenvalue weighted by atomic mass is 16.3. The number of nitrogens with one attached hydrogen (secondary N) is 5. The lowest BCUT2D eigenvalue weighted by atomic mass is 10.00. The summed E-state index contributed by atoms with van der Waals surface area (Å²) >= 11 is 0. The van der Waals surface area contributed by atoms with Crippen LogP contribution in [0.25, 0.3) is 21.5 Å². The third-order valence-corrected chi connectivity index (χ3v) is 13.2. The van der Waals surface area contributed by atoms with Gasteiger partial charge in [-0.3, -0.25) is 48.2 Å². The van der Waals surface area contributed by atoms with Crippen LogP contribution in [0.3, 0.4) is 0 Å². The van der Waals surface area contributed by atoms with E-state index in [1.54, 1.807) is 36.4 Å². The molecule has 21 heteroatoms. The van der Waals surface area contributed by atoms with E-state index in [1.807, 2.05) is 74.5 Å². The first-order valence-electron chi connectivity index (χ1n) is 25.6. The number of primary amides is 1. The summed E-state index contributed by atoms with van der Waals surface area (Å²) in [6.07, 6.45) is 0.836. The van der Waals surface area contributed by atoms with E-state index in [4.69, 9.17) is 17.2 Å². The Bertz CT molecular complexity index is 2960. The Morgan fingerprint density at radius 2 is 1.30 bits per heavy atom. The summed E-state index contributed by atoms with van der Waals surface area (Å²) in [5.74, 6) is -6.08. The number of carbonyl (C=O) groups excluding carboxylic acids is 8. The molecule has 5 aromatic rings. The minimum absolute atomic E-state index is 0.0376. The zero-order chi connectivity index (χ0) is 55.8. The van der Waals surface area contributed by atoms with Crippen molar-refractivity contribution in [3.63, 3.8) is 0 Å². The number of anilines is 1. The number of phenolic OH excluding ortho intramolecular Hbond substituents is 1. The molecule has 0 aliphatic carbocycles. The normalized spacial score (nSPS) is 15.1. The minimum Gasteiger partial charge on any atom is -0.508 e. The molecule has 1 saturated heterocycles. The van der Waals surface area contributed by atoms with Gasteiger partial charge in [0, 0.05) is 25.2 Å². The molecule has 21 nitrogen and oxygen atoms in total. The van der Waals surface area contributed by atoms with E-state index >= 15 is 4.79 Å². The number of carbonyl (C=O) groups is 8. The van der Waals surface area contributed by atoms with Crippen LogP contribution in [-0.2, 0) is 51.2 Å². The highest BCUT2D eigenvalue weighted by molar-refractivity contribution is 6.07. The molecule has 13 N–H and O–H groups in total. The van der Waals surface area contributed by atoms with Gasteiger partial charge in [-0.15, -0.1) is 0 Å². The number of rotatable bonds is 25. The molecule has 1 fully saturated rings. The number of amides is 8. The molecule has 1 aliphatic heterocycles. The number of hydrogen-bond acceptors (Lipinski definition) is 11. The third-order valence-electron chi connectivity index (χ3n) is 13.2. The summed E-state index contributed by atoms with van der Waals surface area (Å²) in [6, 6.07) is 23.8. The first-order valence-corrected chi connectivity index (χ1v) is 25.6. The van der Waals surface area contributed by atoms with Crippen LogP contribution >= 0.6 is 0 Å². The molecule has 6 rings (SSSR count). The minimum atomic E-state index is -1.50. The predicted molar refractivity (Wildman–Crippen MR) is 291 cm³/mol. The summed E-state index contributed by atoms with van der Waals surface area (Å²) in [6.45, 7) is 4.17. The standard InChI is InChI=1S/C56H69N11O10/c1-33(2)26-44(51(73)63-43(14-8-24-60-56(58)59)54(76)66-25-9-15-47(66)53(75)61-31-48(57)70)64-50(72)34(3)67(41-21-20-38-11-5-7-13-40(38)30-41)55(77)45(28-35-17-22-42(69)23-18-35)65-52(74)46(32-68)62-49(71)29-36-16-19-37-10-4-6-12-39(37)27-36/h4-7,10-13,16-23,27,30,33-34,43-47,68-69H,8-9,14-15,24-26,28-29,31-32H2,1-3H3,(H2,57,70)(H,61,75)(H,62,71)(H,63,73)(H,64,72)(H,65,74)(H4,58,59,60)/t34-,43-,44-,45-,46-,47-/m0/s1. The van der Waals surface area contributed by atoms with Crippen LogP contribution in [0.2, 0.25) is 0 Å².